The number of hydrogen-bond donors (Lipinski definition) is 1. The fourth-order valence-corrected chi connectivity index (χ4v) is 5.51. The minimum Gasteiger partial charge on any atom is -0.350 e. The molecule has 0 fully saturated rings. The first-order valence-corrected chi connectivity index (χ1v) is 12.4. The molecule has 0 radical (unpaired) electrons. The molecular weight excluding hydrogens is 420 g/mol. The Morgan fingerprint density at radius 2 is 1.75 bits per heavy atom. The van der Waals surface area contributed by atoms with Crippen molar-refractivity contribution >= 4 is 21.6 Å². The molecule has 3 aromatic carbocycles. The number of carbonyl (C=O) groups is 1. The van der Waals surface area contributed by atoms with Crippen molar-refractivity contribution in [1.82, 2.24) is 5.32 Å². The van der Waals surface area contributed by atoms with E-state index in [9.17, 15) is 13.2 Å². The number of nitrogens with zero attached hydrogens (tertiary/aromatic N) is 1. The molecule has 1 amide bonds. The van der Waals surface area contributed by atoms with Gasteiger partial charge in [0, 0.05) is 18.2 Å². The van der Waals surface area contributed by atoms with Crippen LogP contribution in [0.4, 0.5) is 5.69 Å². The molecule has 1 unspecified atom stereocenters. The minimum absolute atomic E-state index is 0.0365. The van der Waals surface area contributed by atoms with Gasteiger partial charge in [0.1, 0.15) is 0 Å². The molecule has 0 aliphatic carbocycles. The fourth-order valence-electron chi connectivity index (χ4n) is 4.01. The molecule has 0 bridgehead atoms. The summed E-state index contributed by atoms with van der Waals surface area (Å²) in [7, 11) is -3.62. The van der Waals surface area contributed by atoms with Crippen LogP contribution < -0.4 is 9.62 Å². The van der Waals surface area contributed by atoms with E-state index in [4.69, 9.17) is 0 Å². The third-order valence-corrected chi connectivity index (χ3v) is 7.72. The van der Waals surface area contributed by atoms with Gasteiger partial charge in [-0.05, 0) is 74.6 Å². The molecule has 32 heavy (non-hydrogen) atoms. The summed E-state index contributed by atoms with van der Waals surface area (Å²) < 4.78 is 27.7. The van der Waals surface area contributed by atoms with E-state index >= 15 is 0 Å². The largest absolute Gasteiger partial charge is 0.350 e. The maximum Gasteiger partial charge on any atom is 0.264 e. The average Bonchev–Trinajstić information content (AvgIpc) is 3.23. The molecular formula is C26H28N2O3S. The monoisotopic (exact) mass is 448 g/mol. The summed E-state index contributed by atoms with van der Waals surface area (Å²) in [6.07, 6.45) is 2.34. The van der Waals surface area contributed by atoms with Crippen LogP contribution in [-0.2, 0) is 22.9 Å². The number of sulfonamides is 1. The highest BCUT2D eigenvalue weighted by Crippen LogP contribution is 2.33. The molecule has 5 nitrogen and oxygen atoms in total. The van der Waals surface area contributed by atoms with Gasteiger partial charge in [-0.3, -0.25) is 9.10 Å². The predicted octanol–water partition coefficient (Wildman–Crippen LogP) is 4.50. The van der Waals surface area contributed by atoms with Crippen LogP contribution in [0.1, 0.15) is 40.4 Å². The Morgan fingerprint density at radius 3 is 2.47 bits per heavy atom. The average molecular weight is 449 g/mol. The third kappa shape index (κ3) is 4.70. The van der Waals surface area contributed by atoms with Gasteiger partial charge in [0.2, 0.25) is 0 Å². The van der Waals surface area contributed by atoms with Crippen molar-refractivity contribution in [2.24, 2.45) is 0 Å². The first kappa shape index (κ1) is 22.1. The second-order valence-electron chi connectivity index (χ2n) is 8.38. The Balaban J connectivity index is 1.44. The summed E-state index contributed by atoms with van der Waals surface area (Å²) in [4.78, 5) is 13.0. The van der Waals surface area contributed by atoms with Gasteiger partial charge in [-0.25, -0.2) is 8.42 Å². The van der Waals surface area contributed by atoms with Gasteiger partial charge in [0.25, 0.3) is 15.9 Å². The highest BCUT2D eigenvalue weighted by Gasteiger charge is 2.31. The number of carbonyl (C=O) groups excluding carboxylic acids is 1. The van der Waals surface area contributed by atoms with E-state index in [0.29, 0.717) is 24.2 Å². The van der Waals surface area contributed by atoms with Gasteiger partial charge < -0.3 is 5.32 Å². The van der Waals surface area contributed by atoms with Crippen molar-refractivity contribution < 1.29 is 13.2 Å². The number of nitrogens with one attached hydrogen (secondary N) is 1. The number of benzene rings is 3. The van der Waals surface area contributed by atoms with Gasteiger partial charge in [-0.2, -0.15) is 0 Å². The molecule has 0 saturated heterocycles. The molecule has 166 valence electrons. The number of fused-ring (bicyclic) bond motifs is 1. The summed E-state index contributed by atoms with van der Waals surface area (Å²) in [5.74, 6) is -0.131. The number of anilines is 1. The minimum atomic E-state index is -3.62. The van der Waals surface area contributed by atoms with Crippen LogP contribution in [0.15, 0.2) is 77.7 Å². The molecule has 3 aromatic rings. The lowest BCUT2D eigenvalue weighted by Gasteiger charge is -2.20. The molecule has 1 atom stereocenters. The van der Waals surface area contributed by atoms with Gasteiger partial charge in [-0.1, -0.05) is 48.0 Å². The summed E-state index contributed by atoms with van der Waals surface area (Å²) in [6, 6.07) is 22.4. The Bertz CT molecular complexity index is 1210. The van der Waals surface area contributed by atoms with E-state index in [1.807, 2.05) is 38.1 Å². The van der Waals surface area contributed by atoms with E-state index < -0.39 is 10.0 Å². The van der Waals surface area contributed by atoms with Crippen molar-refractivity contribution in [2.75, 3.05) is 10.8 Å². The molecule has 6 heteroatoms. The Hall–Kier alpha value is -3.12. The van der Waals surface area contributed by atoms with Crippen LogP contribution >= 0.6 is 0 Å². The normalized spacial score (nSPS) is 14.1. The van der Waals surface area contributed by atoms with Gasteiger partial charge >= 0.3 is 0 Å². The van der Waals surface area contributed by atoms with E-state index in [0.717, 1.165) is 24.0 Å². The standard InChI is InChI=1S/C26H28N2O3S/c1-19-8-13-24(14-9-19)32(30,31)28-17-16-22-18-23(12-15-25(22)28)26(29)27-20(2)10-11-21-6-4-3-5-7-21/h3-9,12-15,18,20H,10-11,16-17H2,1-2H3,(H,27,29). The summed E-state index contributed by atoms with van der Waals surface area (Å²) in [5, 5.41) is 3.06. The van der Waals surface area contributed by atoms with Crippen molar-refractivity contribution in [3.8, 4) is 0 Å². The van der Waals surface area contributed by atoms with E-state index in [2.05, 4.69) is 17.4 Å². The van der Waals surface area contributed by atoms with Gasteiger partial charge in [0.05, 0.1) is 10.6 Å². The van der Waals surface area contributed by atoms with E-state index in [-0.39, 0.29) is 16.8 Å². The lowest BCUT2D eigenvalue weighted by atomic mass is 10.0. The maximum absolute atomic E-state index is 13.1. The third-order valence-electron chi connectivity index (χ3n) is 5.89. The van der Waals surface area contributed by atoms with Crippen molar-refractivity contribution in [3.63, 3.8) is 0 Å². The molecule has 0 spiro atoms. The quantitative estimate of drug-likeness (QED) is 0.579. The Kier molecular flexibility index (Phi) is 6.33. The topological polar surface area (TPSA) is 66.5 Å². The lowest BCUT2D eigenvalue weighted by molar-refractivity contribution is 0.0938. The van der Waals surface area contributed by atoms with Crippen LogP contribution in [0.5, 0.6) is 0 Å². The molecule has 0 aromatic heterocycles. The summed E-state index contributed by atoms with van der Waals surface area (Å²) >= 11 is 0. The zero-order valence-electron chi connectivity index (χ0n) is 18.4. The number of hydrogen-bond acceptors (Lipinski definition) is 3. The zero-order chi connectivity index (χ0) is 22.7. The first-order chi connectivity index (χ1) is 15.3. The molecule has 1 aliphatic heterocycles. The van der Waals surface area contributed by atoms with Crippen LogP contribution in [0, 0.1) is 6.92 Å². The highest BCUT2D eigenvalue weighted by atomic mass is 32.2. The lowest BCUT2D eigenvalue weighted by Crippen LogP contribution is -2.33. The van der Waals surface area contributed by atoms with Crippen molar-refractivity contribution in [3.05, 3.63) is 95.1 Å². The molecule has 1 aliphatic rings. The van der Waals surface area contributed by atoms with E-state index in [1.165, 1.54) is 9.87 Å². The molecule has 1 heterocycles. The second-order valence-corrected chi connectivity index (χ2v) is 10.2. The van der Waals surface area contributed by atoms with Crippen molar-refractivity contribution in [2.45, 2.75) is 44.0 Å². The smallest absolute Gasteiger partial charge is 0.264 e. The maximum atomic E-state index is 13.1. The Labute approximate surface area is 190 Å². The van der Waals surface area contributed by atoms with E-state index in [1.54, 1.807) is 36.4 Å². The highest BCUT2D eigenvalue weighted by molar-refractivity contribution is 7.92. The SMILES string of the molecule is Cc1ccc(S(=O)(=O)N2CCc3cc(C(=O)NC(C)CCc4ccccc4)ccc32)cc1. The number of amides is 1. The summed E-state index contributed by atoms with van der Waals surface area (Å²) in [5.41, 5.74) is 4.36. The molecule has 4 rings (SSSR count). The van der Waals surface area contributed by atoms with Crippen LogP contribution in [0.2, 0.25) is 0 Å². The number of rotatable bonds is 7. The predicted molar refractivity (Wildman–Crippen MR) is 128 cm³/mol. The van der Waals surface area contributed by atoms with Crippen molar-refractivity contribution in [1.29, 1.82) is 0 Å². The van der Waals surface area contributed by atoms with Gasteiger partial charge in [0.15, 0.2) is 0 Å². The second kappa shape index (κ2) is 9.17. The van der Waals surface area contributed by atoms with Crippen LogP contribution in [-0.4, -0.2) is 26.9 Å². The number of aryl methyl sites for hydroxylation is 2. The molecule has 0 saturated carbocycles. The summed E-state index contributed by atoms with van der Waals surface area (Å²) in [6.45, 7) is 4.31. The Morgan fingerprint density at radius 1 is 1.03 bits per heavy atom. The fraction of sp³-hybridized carbons (Fsp3) is 0.269. The zero-order valence-corrected chi connectivity index (χ0v) is 19.2. The van der Waals surface area contributed by atoms with Crippen LogP contribution in [0.3, 0.4) is 0 Å². The van der Waals surface area contributed by atoms with Gasteiger partial charge in [-0.15, -0.1) is 0 Å². The first-order valence-electron chi connectivity index (χ1n) is 10.9. The van der Waals surface area contributed by atoms with Crippen LogP contribution in [0.25, 0.3) is 0 Å². The molecule has 1 N–H and O–H groups in total.